The third-order valence-corrected chi connectivity index (χ3v) is 4.04. The second-order valence-corrected chi connectivity index (χ2v) is 5.88. The van der Waals surface area contributed by atoms with Crippen LogP contribution in [0.2, 0.25) is 0 Å². The van der Waals surface area contributed by atoms with Gasteiger partial charge in [-0.3, -0.25) is 9.59 Å². The first-order chi connectivity index (χ1) is 8.95. The van der Waals surface area contributed by atoms with Gasteiger partial charge in [0.1, 0.15) is 0 Å². The molecule has 0 spiro atoms. The minimum absolute atomic E-state index is 0.0171. The summed E-state index contributed by atoms with van der Waals surface area (Å²) in [5, 5.41) is 8.67. The molecular weight excluding hydrogens is 310 g/mol. The van der Waals surface area contributed by atoms with E-state index in [1.807, 2.05) is 24.3 Å². The fourth-order valence-electron chi connectivity index (χ4n) is 2.27. The van der Waals surface area contributed by atoms with Gasteiger partial charge < -0.3 is 10.0 Å². The van der Waals surface area contributed by atoms with E-state index in [1.54, 1.807) is 7.05 Å². The Kier molecular flexibility index (Phi) is 3.94. The summed E-state index contributed by atoms with van der Waals surface area (Å²) in [5.74, 6) is -0.862. The van der Waals surface area contributed by atoms with Gasteiger partial charge >= 0.3 is 5.97 Å². The smallest absolute Gasteiger partial charge is 0.305 e. The minimum atomic E-state index is -0.882. The number of hydrogen-bond acceptors (Lipinski definition) is 2. The molecule has 1 saturated carbocycles. The Morgan fingerprint density at radius 1 is 1.42 bits per heavy atom. The molecule has 1 aliphatic carbocycles. The Labute approximate surface area is 120 Å². The van der Waals surface area contributed by atoms with Crippen LogP contribution >= 0.6 is 15.9 Å². The Bertz CT molecular complexity index is 511. The topological polar surface area (TPSA) is 57.6 Å². The monoisotopic (exact) mass is 325 g/mol. The first-order valence-electron chi connectivity index (χ1n) is 6.19. The number of carbonyl (C=O) groups is 2. The van der Waals surface area contributed by atoms with Crippen LogP contribution in [0, 0.1) is 0 Å². The van der Waals surface area contributed by atoms with Crippen LogP contribution in [0.4, 0.5) is 0 Å². The van der Waals surface area contributed by atoms with E-state index >= 15 is 0 Å². The van der Waals surface area contributed by atoms with Crippen LogP contribution < -0.4 is 0 Å². The zero-order valence-corrected chi connectivity index (χ0v) is 12.3. The summed E-state index contributed by atoms with van der Waals surface area (Å²) >= 11 is 3.42. The van der Waals surface area contributed by atoms with E-state index in [0.29, 0.717) is 0 Å². The summed E-state index contributed by atoms with van der Waals surface area (Å²) < 4.78 is 0.956. The zero-order valence-electron chi connectivity index (χ0n) is 10.7. The number of benzene rings is 1. The molecular formula is C14H16BrNO3. The highest BCUT2D eigenvalue weighted by molar-refractivity contribution is 9.10. The largest absolute Gasteiger partial charge is 0.481 e. The lowest BCUT2D eigenvalue weighted by Crippen LogP contribution is -2.37. The average Bonchev–Trinajstić information content (AvgIpc) is 3.16. The lowest BCUT2D eigenvalue weighted by molar-refractivity contribution is -0.138. The number of carbonyl (C=O) groups excluding carboxylic acids is 1. The minimum Gasteiger partial charge on any atom is -0.481 e. The number of carboxylic acid groups (broad SMARTS) is 1. The predicted molar refractivity (Wildman–Crippen MR) is 74.9 cm³/mol. The Morgan fingerprint density at radius 2 is 2.11 bits per heavy atom. The van der Waals surface area contributed by atoms with Crippen molar-refractivity contribution in [2.45, 2.75) is 24.7 Å². The third-order valence-electron chi connectivity index (χ3n) is 3.54. The summed E-state index contributed by atoms with van der Waals surface area (Å²) in [6, 6.07) is 7.78. The zero-order chi connectivity index (χ0) is 14.0. The molecule has 0 unspecified atom stereocenters. The van der Waals surface area contributed by atoms with Gasteiger partial charge in [-0.15, -0.1) is 0 Å². The maximum absolute atomic E-state index is 12.5. The highest BCUT2D eigenvalue weighted by Gasteiger charge is 2.52. The fraction of sp³-hybridized carbons (Fsp3) is 0.429. The average molecular weight is 326 g/mol. The van der Waals surface area contributed by atoms with Crippen LogP contribution in [0.5, 0.6) is 0 Å². The van der Waals surface area contributed by atoms with Crippen LogP contribution in [0.15, 0.2) is 28.7 Å². The normalized spacial score (nSPS) is 15.9. The molecule has 1 N–H and O–H groups in total. The van der Waals surface area contributed by atoms with Crippen molar-refractivity contribution in [3.05, 3.63) is 34.3 Å². The van der Waals surface area contributed by atoms with Crippen molar-refractivity contribution in [2.75, 3.05) is 13.6 Å². The van der Waals surface area contributed by atoms with Crippen molar-refractivity contribution in [2.24, 2.45) is 0 Å². The number of aliphatic carboxylic acids is 1. The maximum atomic E-state index is 12.5. The molecule has 19 heavy (non-hydrogen) atoms. The van der Waals surface area contributed by atoms with E-state index in [-0.39, 0.29) is 18.9 Å². The standard InChI is InChI=1S/C14H16BrNO3/c1-16(8-5-12(17)18)13(19)14(6-7-14)10-3-2-4-11(15)9-10/h2-4,9H,5-8H2,1H3,(H,17,18). The van der Waals surface area contributed by atoms with Crippen molar-refractivity contribution in [3.8, 4) is 0 Å². The van der Waals surface area contributed by atoms with Gasteiger partial charge in [0.15, 0.2) is 0 Å². The first kappa shape index (κ1) is 14.1. The van der Waals surface area contributed by atoms with Gasteiger partial charge in [0.25, 0.3) is 0 Å². The van der Waals surface area contributed by atoms with Gasteiger partial charge in [0.05, 0.1) is 11.8 Å². The summed E-state index contributed by atoms with van der Waals surface area (Å²) in [6.07, 6.45) is 1.65. The number of nitrogens with zero attached hydrogens (tertiary/aromatic N) is 1. The van der Waals surface area contributed by atoms with Crippen LogP contribution in [0.25, 0.3) is 0 Å². The molecule has 0 radical (unpaired) electrons. The van der Waals surface area contributed by atoms with Gasteiger partial charge in [0, 0.05) is 18.1 Å². The van der Waals surface area contributed by atoms with Crippen molar-refractivity contribution in [3.63, 3.8) is 0 Å². The number of rotatable bonds is 5. The first-order valence-corrected chi connectivity index (χ1v) is 6.98. The number of halogens is 1. The van der Waals surface area contributed by atoms with Crippen molar-refractivity contribution < 1.29 is 14.7 Å². The van der Waals surface area contributed by atoms with E-state index in [0.717, 1.165) is 22.9 Å². The molecule has 5 heteroatoms. The fourth-order valence-corrected chi connectivity index (χ4v) is 2.67. The van der Waals surface area contributed by atoms with E-state index in [1.165, 1.54) is 4.90 Å². The van der Waals surface area contributed by atoms with Gasteiger partial charge in [-0.05, 0) is 30.5 Å². The van der Waals surface area contributed by atoms with E-state index < -0.39 is 11.4 Å². The maximum Gasteiger partial charge on any atom is 0.305 e. The van der Waals surface area contributed by atoms with Crippen molar-refractivity contribution in [1.82, 2.24) is 4.90 Å². The van der Waals surface area contributed by atoms with Crippen LogP contribution in [-0.2, 0) is 15.0 Å². The van der Waals surface area contributed by atoms with E-state index in [9.17, 15) is 9.59 Å². The van der Waals surface area contributed by atoms with Gasteiger partial charge in [0.2, 0.25) is 5.91 Å². The van der Waals surface area contributed by atoms with Gasteiger partial charge in [-0.25, -0.2) is 0 Å². The molecule has 0 bridgehead atoms. The second-order valence-electron chi connectivity index (χ2n) is 4.96. The Morgan fingerprint density at radius 3 is 2.63 bits per heavy atom. The summed E-state index contributed by atoms with van der Waals surface area (Å²) in [5.41, 5.74) is 0.575. The SMILES string of the molecule is CN(CCC(=O)O)C(=O)C1(c2cccc(Br)c2)CC1. The van der Waals surface area contributed by atoms with Crippen molar-refractivity contribution >= 4 is 27.8 Å². The predicted octanol–water partition coefficient (Wildman–Crippen LogP) is 2.41. The summed E-state index contributed by atoms with van der Waals surface area (Å²) in [6.45, 7) is 0.254. The second kappa shape index (κ2) is 5.33. The highest BCUT2D eigenvalue weighted by Crippen LogP contribution is 2.49. The lowest BCUT2D eigenvalue weighted by atomic mass is 9.94. The molecule has 1 aromatic carbocycles. The number of likely N-dealkylation sites (N-methyl/N-ethyl adjacent to an activating group) is 1. The van der Waals surface area contributed by atoms with Crippen molar-refractivity contribution in [1.29, 1.82) is 0 Å². The highest BCUT2D eigenvalue weighted by atomic mass is 79.9. The van der Waals surface area contributed by atoms with Gasteiger partial charge in [-0.2, -0.15) is 0 Å². The van der Waals surface area contributed by atoms with Crippen LogP contribution in [-0.4, -0.2) is 35.5 Å². The summed E-state index contributed by atoms with van der Waals surface area (Å²) in [7, 11) is 1.67. The molecule has 0 saturated heterocycles. The third kappa shape index (κ3) is 2.97. The molecule has 1 aliphatic rings. The molecule has 0 aliphatic heterocycles. The molecule has 0 atom stereocenters. The molecule has 1 aromatic rings. The molecule has 0 heterocycles. The molecule has 1 fully saturated rings. The molecule has 102 valence electrons. The van der Waals surface area contributed by atoms with E-state index in [4.69, 9.17) is 5.11 Å². The van der Waals surface area contributed by atoms with Crippen LogP contribution in [0.3, 0.4) is 0 Å². The number of carboxylic acids is 1. The molecule has 4 nitrogen and oxygen atoms in total. The van der Waals surface area contributed by atoms with Crippen LogP contribution in [0.1, 0.15) is 24.8 Å². The summed E-state index contributed by atoms with van der Waals surface area (Å²) in [4.78, 5) is 24.6. The lowest BCUT2D eigenvalue weighted by Gasteiger charge is -2.23. The molecule has 0 aromatic heterocycles. The number of amides is 1. The Hall–Kier alpha value is -1.36. The Balaban J connectivity index is 2.12. The molecule has 1 amide bonds. The van der Waals surface area contributed by atoms with Gasteiger partial charge in [-0.1, -0.05) is 28.1 Å². The number of hydrogen-bond donors (Lipinski definition) is 1. The quantitative estimate of drug-likeness (QED) is 0.904. The van der Waals surface area contributed by atoms with E-state index in [2.05, 4.69) is 15.9 Å². The molecule has 2 rings (SSSR count).